The summed E-state index contributed by atoms with van der Waals surface area (Å²) in [4.78, 5) is 56.3. The van der Waals surface area contributed by atoms with Crippen LogP contribution in [-0.4, -0.2) is 72.4 Å². The summed E-state index contributed by atoms with van der Waals surface area (Å²) >= 11 is 3.42. The Bertz CT molecular complexity index is 1940. The molecule has 0 unspecified atom stereocenters. The van der Waals surface area contributed by atoms with Crippen LogP contribution in [0.2, 0.25) is 0 Å². The number of likely N-dealkylation sites (tertiary alicyclic amines) is 1. The molecule has 3 atom stereocenters. The van der Waals surface area contributed by atoms with Crippen molar-refractivity contribution in [1.82, 2.24) is 29.6 Å². The highest BCUT2D eigenvalue weighted by Crippen LogP contribution is 2.60. The van der Waals surface area contributed by atoms with E-state index in [4.69, 9.17) is 9.84 Å². The van der Waals surface area contributed by atoms with Crippen molar-refractivity contribution in [2.75, 3.05) is 13.2 Å². The Kier molecular flexibility index (Phi) is 9.53. The summed E-state index contributed by atoms with van der Waals surface area (Å²) in [5, 5.41) is 5.38. The minimum atomic E-state index is -0.619. The van der Waals surface area contributed by atoms with Crippen LogP contribution in [-0.2, 0) is 33.7 Å². The maximum Gasteiger partial charge on any atom is 0.245 e. The first-order valence-corrected chi connectivity index (χ1v) is 16.9. The maximum atomic E-state index is 14.4. The number of ether oxygens (including phenoxy) is 1. The average molecular weight is 712 g/mol. The molecule has 1 aromatic carbocycles. The van der Waals surface area contributed by atoms with Gasteiger partial charge in [0, 0.05) is 41.7 Å². The number of pyridine rings is 1. The van der Waals surface area contributed by atoms with Crippen LogP contribution in [0.5, 0.6) is 0 Å². The predicted octanol–water partition coefficient (Wildman–Crippen LogP) is 5.96. The number of amides is 1. The molecule has 2 aliphatic rings. The number of halogens is 1. The topological polar surface area (TPSA) is 120 Å². The van der Waals surface area contributed by atoms with Gasteiger partial charge in [0.15, 0.2) is 11.6 Å². The van der Waals surface area contributed by atoms with Crippen molar-refractivity contribution >= 4 is 44.3 Å². The smallest absolute Gasteiger partial charge is 0.245 e. The van der Waals surface area contributed by atoms with E-state index in [-0.39, 0.29) is 47.6 Å². The molecule has 11 heteroatoms. The van der Waals surface area contributed by atoms with Gasteiger partial charge in [0.05, 0.1) is 36.9 Å². The second-order valence-corrected chi connectivity index (χ2v) is 13.7. The van der Waals surface area contributed by atoms with Gasteiger partial charge in [-0.3, -0.25) is 19.1 Å². The highest BCUT2D eigenvalue weighted by atomic mass is 79.9. The van der Waals surface area contributed by atoms with Crippen molar-refractivity contribution < 1.29 is 19.1 Å². The largest absolute Gasteiger partial charge is 0.377 e. The van der Waals surface area contributed by atoms with E-state index in [1.165, 1.54) is 6.92 Å². The van der Waals surface area contributed by atoms with Gasteiger partial charge in [0.1, 0.15) is 22.7 Å². The van der Waals surface area contributed by atoms with Gasteiger partial charge in [-0.05, 0) is 90.4 Å². The number of aromatic nitrogens is 5. The summed E-state index contributed by atoms with van der Waals surface area (Å²) in [5.74, 6) is 0.185. The molecule has 0 N–H and O–H groups in total. The molecular formula is C37H39BrN6O4. The van der Waals surface area contributed by atoms with E-state index in [9.17, 15) is 14.4 Å². The van der Waals surface area contributed by atoms with Crippen LogP contribution >= 0.6 is 15.9 Å². The third-order valence-corrected chi connectivity index (χ3v) is 9.93. The monoisotopic (exact) mass is 710 g/mol. The van der Waals surface area contributed by atoms with Gasteiger partial charge < -0.3 is 9.64 Å². The lowest BCUT2D eigenvalue weighted by atomic mass is 9.95. The second-order valence-electron chi connectivity index (χ2n) is 12.9. The molecule has 10 nitrogen and oxygen atoms in total. The quantitative estimate of drug-likeness (QED) is 0.0680. The van der Waals surface area contributed by atoms with Crippen molar-refractivity contribution in [3.05, 3.63) is 94.9 Å². The van der Waals surface area contributed by atoms with E-state index in [0.717, 1.165) is 34.2 Å². The Labute approximate surface area is 288 Å². The van der Waals surface area contributed by atoms with Gasteiger partial charge in [-0.15, -0.1) is 13.2 Å². The zero-order chi connectivity index (χ0) is 34.2. The lowest BCUT2D eigenvalue weighted by Gasteiger charge is -2.27. The van der Waals surface area contributed by atoms with Crippen molar-refractivity contribution in [2.45, 2.75) is 71.5 Å². The molecule has 4 heterocycles. The van der Waals surface area contributed by atoms with Gasteiger partial charge in [-0.2, -0.15) is 5.10 Å². The number of Topliss-reactive ketones (excluding diaryl/α,β-unsaturated/α-hetero) is 2. The van der Waals surface area contributed by atoms with E-state index >= 15 is 0 Å². The number of aryl methyl sites for hydroxylation is 3. The number of hydrogen-bond donors (Lipinski definition) is 0. The van der Waals surface area contributed by atoms with Crippen LogP contribution in [0.1, 0.15) is 59.3 Å². The van der Waals surface area contributed by atoms with Crippen LogP contribution in [0.15, 0.2) is 66.6 Å². The number of benzene rings is 1. The number of carbonyl (C=O) groups is 3. The molecule has 48 heavy (non-hydrogen) atoms. The van der Waals surface area contributed by atoms with Crippen LogP contribution in [0.25, 0.3) is 22.0 Å². The molecule has 0 spiro atoms. The summed E-state index contributed by atoms with van der Waals surface area (Å²) in [6, 6.07) is 7.00. The molecule has 4 aromatic rings. The lowest BCUT2D eigenvalue weighted by molar-refractivity contribution is -0.139. The highest BCUT2D eigenvalue weighted by molar-refractivity contribution is 9.10. The highest BCUT2D eigenvalue weighted by Gasteiger charge is 2.67. The Balaban J connectivity index is 1.37. The zero-order valence-corrected chi connectivity index (χ0v) is 29.1. The Morgan fingerprint density at radius 2 is 1.85 bits per heavy atom. The van der Waals surface area contributed by atoms with Gasteiger partial charge in [-0.25, -0.2) is 15.0 Å². The van der Waals surface area contributed by atoms with Crippen molar-refractivity contribution in [2.24, 2.45) is 5.41 Å². The summed E-state index contributed by atoms with van der Waals surface area (Å²) in [6.07, 6.45) is 9.80. The van der Waals surface area contributed by atoms with E-state index in [0.29, 0.717) is 54.0 Å². The Hall–Kier alpha value is -4.35. The van der Waals surface area contributed by atoms with E-state index in [1.807, 2.05) is 44.2 Å². The number of carbonyl (C=O) groups excluding carboxylic acids is 3. The first-order chi connectivity index (χ1) is 23.0. The number of hydrogen-bond acceptors (Lipinski definition) is 8. The summed E-state index contributed by atoms with van der Waals surface area (Å²) in [7, 11) is 0. The molecule has 1 saturated carbocycles. The van der Waals surface area contributed by atoms with E-state index in [1.54, 1.807) is 28.1 Å². The molecule has 1 amide bonds. The second kappa shape index (κ2) is 13.6. The summed E-state index contributed by atoms with van der Waals surface area (Å²) < 4.78 is 8.17. The van der Waals surface area contributed by atoms with Crippen molar-refractivity contribution in [3.8, 4) is 11.1 Å². The minimum absolute atomic E-state index is 0.0567. The number of allylic oxidation sites excluding steroid dienone is 1. The number of piperidine rings is 1. The van der Waals surface area contributed by atoms with Crippen molar-refractivity contribution in [1.29, 1.82) is 0 Å². The van der Waals surface area contributed by atoms with Gasteiger partial charge in [-0.1, -0.05) is 18.2 Å². The molecule has 3 aromatic heterocycles. The molecule has 2 fully saturated rings. The van der Waals surface area contributed by atoms with Gasteiger partial charge >= 0.3 is 0 Å². The number of ketones is 2. The Morgan fingerprint density at radius 1 is 1.08 bits per heavy atom. The average Bonchev–Trinajstić information content (AvgIpc) is 3.46. The normalized spacial score (nSPS) is 19.7. The zero-order valence-electron chi connectivity index (χ0n) is 27.5. The number of rotatable bonds is 14. The fraction of sp³-hybridized carbons (Fsp3) is 0.378. The fourth-order valence-electron chi connectivity index (χ4n) is 6.97. The molecule has 1 aliphatic heterocycles. The number of fused-ring (bicyclic) bond motifs is 2. The maximum absolute atomic E-state index is 14.4. The van der Waals surface area contributed by atoms with Gasteiger partial charge in [0.25, 0.3) is 0 Å². The third kappa shape index (κ3) is 6.53. The Morgan fingerprint density at radius 3 is 2.56 bits per heavy atom. The fourth-order valence-corrected chi connectivity index (χ4v) is 7.31. The van der Waals surface area contributed by atoms with Crippen LogP contribution < -0.4 is 0 Å². The molecule has 248 valence electrons. The predicted molar refractivity (Wildman–Crippen MR) is 187 cm³/mol. The van der Waals surface area contributed by atoms with E-state index in [2.05, 4.69) is 44.0 Å². The summed E-state index contributed by atoms with van der Waals surface area (Å²) in [5.41, 5.74) is 4.94. The van der Waals surface area contributed by atoms with Crippen LogP contribution in [0.4, 0.5) is 0 Å². The summed E-state index contributed by atoms with van der Waals surface area (Å²) in [6.45, 7) is 13.6. The molecule has 1 saturated heterocycles. The van der Waals surface area contributed by atoms with Crippen LogP contribution in [0, 0.1) is 19.3 Å². The van der Waals surface area contributed by atoms with Crippen molar-refractivity contribution in [3.63, 3.8) is 0 Å². The lowest BCUT2D eigenvalue weighted by Crippen LogP contribution is -2.45. The van der Waals surface area contributed by atoms with E-state index < -0.39 is 6.04 Å². The number of nitrogens with zero attached hydrogens (tertiary/aromatic N) is 6. The molecule has 0 radical (unpaired) electrons. The molecular weight excluding hydrogens is 672 g/mol. The van der Waals surface area contributed by atoms with Crippen LogP contribution in [0.3, 0.4) is 0 Å². The minimum Gasteiger partial charge on any atom is -0.377 e. The third-order valence-electron chi connectivity index (χ3n) is 9.49. The van der Waals surface area contributed by atoms with Gasteiger partial charge in [0.2, 0.25) is 5.91 Å². The first-order valence-electron chi connectivity index (χ1n) is 16.1. The first kappa shape index (κ1) is 33.5. The SMILES string of the molecule is C=CCCc1cc(-c2cnc(C)nc2)cc2c(C(C)=O)nn(CC(=O)N3[C@H](C(=O)Cc4nc(Br)ccc4C)C[C@@]4(COCC=C)C[C@@H]34)c12. The molecule has 0 bridgehead atoms. The standard InChI is InChI=1S/C37H39BrN6O4/c1-6-8-9-25-13-26(27-18-39-24(5)40-19-27)14-28-35(23(4)45)42-43(36(25)28)20-34(47)44-30(16-37(17-32(37)44)21-48-12-7-2)31(46)15-29-22(3)10-11-33(38)41-29/h6-7,10-11,13-14,18-19,30,32H,1-2,8-9,12,15-17,20-21H2,3-5H3/t30-,32+,37-/m0/s1. The molecule has 6 rings (SSSR count). The molecule has 1 aliphatic carbocycles.